The number of ketones is 1. The predicted molar refractivity (Wildman–Crippen MR) is 110 cm³/mol. The Hall–Kier alpha value is -3.01. The van der Waals surface area contributed by atoms with Crippen molar-refractivity contribution in [2.75, 3.05) is 32.0 Å². The normalized spacial score (nSPS) is 16.0. The summed E-state index contributed by atoms with van der Waals surface area (Å²) in [5.41, 5.74) is 12.1. The largest absolute Gasteiger partial charge is 0.398 e. The third-order valence-corrected chi connectivity index (χ3v) is 6.22. The van der Waals surface area contributed by atoms with E-state index in [0.717, 1.165) is 9.75 Å². The van der Waals surface area contributed by atoms with Crippen LogP contribution in [0.25, 0.3) is 21.8 Å². The molecular formula is C20H19N5O3S. The van der Waals surface area contributed by atoms with Crippen molar-refractivity contribution in [2.45, 2.75) is 6.92 Å². The number of benzene rings is 1. The standard InChI is InChI=1S/C20H19N5O3S/c1-10-2-5-13(29-10)18-16-17(22-23-18)11-3-4-12(21)15(14(11)19(16)26)20(27)24-25-6-8-28-9-7-25/h2-5H,6-9,21H2,1H3,(H,22,23)(H,24,27). The van der Waals surface area contributed by atoms with E-state index in [-0.39, 0.29) is 17.0 Å². The van der Waals surface area contributed by atoms with Gasteiger partial charge < -0.3 is 10.5 Å². The van der Waals surface area contributed by atoms with Crippen molar-refractivity contribution in [1.29, 1.82) is 0 Å². The number of aromatic nitrogens is 2. The Bertz CT molecular complexity index is 1140. The van der Waals surface area contributed by atoms with Crippen LogP contribution in [0.15, 0.2) is 24.3 Å². The predicted octanol–water partition coefficient (Wildman–Crippen LogP) is 2.22. The minimum absolute atomic E-state index is 0.199. The van der Waals surface area contributed by atoms with Crippen molar-refractivity contribution >= 4 is 28.7 Å². The molecule has 29 heavy (non-hydrogen) atoms. The number of aromatic amines is 1. The molecule has 1 fully saturated rings. The van der Waals surface area contributed by atoms with Gasteiger partial charge >= 0.3 is 0 Å². The molecular weight excluding hydrogens is 390 g/mol. The molecule has 3 heterocycles. The highest BCUT2D eigenvalue weighted by molar-refractivity contribution is 7.15. The van der Waals surface area contributed by atoms with Crippen molar-refractivity contribution < 1.29 is 14.3 Å². The van der Waals surface area contributed by atoms with Crippen LogP contribution in [-0.2, 0) is 4.74 Å². The van der Waals surface area contributed by atoms with Crippen LogP contribution in [0, 0.1) is 6.92 Å². The molecule has 0 unspecified atom stereocenters. The van der Waals surface area contributed by atoms with E-state index < -0.39 is 5.91 Å². The molecule has 0 radical (unpaired) electrons. The summed E-state index contributed by atoms with van der Waals surface area (Å²) in [7, 11) is 0. The van der Waals surface area contributed by atoms with Gasteiger partial charge in [-0.15, -0.1) is 11.3 Å². The van der Waals surface area contributed by atoms with Crippen LogP contribution in [0.5, 0.6) is 0 Å². The van der Waals surface area contributed by atoms with Crippen LogP contribution in [0.2, 0.25) is 0 Å². The van der Waals surface area contributed by atoms with Gasteiger partial charge in [-0.3, -0.25) is 20.1 Å². The first-order chi connectivity index (χ1) is 14.0. The van der Waals surface area contributed by atoms with Crippen LogP contribution in [-0.4, -0.2) is 53.2 Å². The number of nitrogens with one attached hydrogen (secondary N) is 2. The summed E-state index contributed by atoms with van der Waals surface area (Å²) in [5.74, 6) is -0.624. The fourth-order valence-electron chi connectivity index (χ4n) is 3.80. The molecule has 1 amide bonds. The fraction of sp³-hybridized carbons (Fsp3) is 0.250. The number of hydrogen-bond donors (Lipinski definition) is 3. The van der Waals surface area contributed by atoms with Crippen molar-refractivity contribution in [1.82, 2.24) is 20.6 Å². The second-order valence-electron chi connectivity index (χ2n) is 7.05. The monoisotopic (exact) mass is 409 g/mol. The van der Waals surface area contributed by atoms with E-state index in [1.807, 2.05) is 19.1 Å². The molecule has 5 rings (SSSR count). The van der Waals surface area contributed by atoms with Gasteiger partial charge in [0, 0.05) is 34.8 Å². The van der Waals surface area contributed by atoms with Crippen LogP contribution in [0.3, 0.4) is 0 Å². The lowest BCUT2D eigenvalue weighted by molar-refractivity contribution is 0.0126. The van der Waals surface area contributed by atoms with Gasteiger partial charge in [-0.1, -0.05) is 0 Å². The van der Waals surface area contributed by atoms with E-state index in [9.17, 15) is 9.59 Å². The molecule has 2 aliphatic rings. The summed E-state index contributed by atoms with van der Waals surface area (Å²) >= 11 is 1.58. The zero-order valence-corrected chi connectivity index (χ0v) is 16.6. The number of ether oxygens (including phenoxy) is 1. The molecule has 9 heteroatoms. The highest BCUT2D eigenvalue weighted by Crippen LogP contribution is 2.43. The number of nitrogens with two attached hydrogens (primary N) is 1. The lowest BCUT2D eigenvalue weighted by Gasteiger charge is -2.27. The average molecular weight is 409 g/mol. The van der Waals surface area contributed by atoms with E-state index in [4.69, 9.17) is 10.5 Å². The van der Waals surface area contributed by atoms with Gasteiger partial charge in [-0.05, 0) is 31.2 Å². The van der Waals surface area contributed by atoms with Crippen molar-refractivity contribution in [3.63, 3.8) is 0 Å². The Morgan fingerprint density at radius 2 is 2.03 bits per heavy atom. The number of anilines is 1. The molecule has 0 spiro atoms. The lowest BCUT2D eigenvalue weighted by Crippen LogP contribution is -2.48. The Morgan fingerprint density at radius 3 is 2.76 bits per heavy atom. The van der Waals surface area contributed by atoms with Gasteiger partial charge in [0.05, 0.1) is 34.9 Å². The zero-order chi connectivity index (χ0) is 20.1. The van der Waals surface area contributed by atoms with Gasteiger partial charge in [0.2, 0.25) is 0 Å². The minimum atomic E-state index is -0.391. The average Bonchev–Trinajstić information content (AvgIpc) is 3.39. The molecule has 1 aliphatic carbocycles. The summed E-state index contributed by atoms with van der Waals surface area (Å²) in [4.78, 5) is 28.5. The molecule has 0 saturated carbocycles. The zero-order valence-electron chi connectivity index (χ0n) is 15.7. The maximum absolute atomic E-state index is 13.4. The molecule has 3 aromatic rings. The number of thiophene rings is 1. The third kappa shape index (κ3) is 2.86. The molecule has 2 aromatic heterocycles. The first-order valence-electron chi connectivity index (χ1n) is 9.31. The van der Waals surface area contributed by atoms with E-state index in [1.54, 1.807) is 28.5 Å². The molecule has 8 nitrogen and oxygen atoms in total. The SMILES string of the molecule is Cc1ccc(-c2[nH]nc3c2C(=O)c2c-3ccc(N)c2C(=O)NN2CCOCC2)s1. The summed E-state index contributed by atoms with van der Waals surface area (Å²) in [5, 5.41) is 9.15. The molecule has 1 aliphatic heterocycles. The van der Waals surface area contributed by atoms with E-state index in [1.165, 1.54) is 0 Å². The topological polar surface area (TPSA) is 113 Å². The van der Waals surface area contributed by atoms with Gasteiger partial charge in [0.15, 0.2) is 5.78 Å². The number of rotatable bonds is 3. The highest BCUT2D eigenvalue weighted by atomic mass is 32.1. The van der Waals surface area contributed by atoms with Crippen molar-refractivity contribution in [3.8, 4) is 21.8 Å². The van der Waals surface area contributed by atoms with Crippen LogP contribution in [0.1, 0.15) is 31.2 Å². The maximum Gasteiger partial charge on any atom is 0.268 e. The molecule has 148 valence electrons. The number of H-pyrrole nitrogens is 1. The van der Waals surface area contributed by atoms with Gasteiger partial charge in [-0.2, -0.15) is 5.10 Å². The number of fused-ring (bicyclic) bond motifs is 3. The number of nitrogen functional groups attached to an aromatic ring is 1. The summed E-state index contributed by atoms with van der Waals surface area (Å²) in [6, 6.07) is 7.37. The smallest absolute Gasteiger partial charge is 0.268 e. The summed E-state index contributed by atoms with van der Waals surface area (Å²) in [6.45, 7) is 4.26. The number of aryl methyl sites for hydroxylation is 1. The van der Waals surface area contributed by atoms with Gasteiger partial charge in [0.25, 0.3) is 5.91 Å². The second-order valence-corrected chi connectivity index (χ2v) is 8.34. The molecule has 4 N–H and O–H groups in total. The first-order valence-corrected chi connectivity index (χ1v) is 10.1. The first kappa shape index (κ1) is 18.0. The van der Waals surface area contributed by atoms with Crippen LogP contribution < -0.4 is 11.2 Å². The number of carbonyl (C=O) groups excluding carboxylic acids is 2. The molecule has 1 saturated heterocycles. The Balaban J connectivity index is 1.56. The van der Waals surface area contributed by atoms with Crippen molar-refractivity contribution in [2.24, 2.45) is 0 Å². The van der Waals surface area contributed by atoms with Gasteiger partial charge in [0.1, 0.15) is 5.69 Å². The van der Waals surface area contributed by atoms with E-state index >= 15 is 0 Å². The van der Waals surface area contributed by atoms with Crippen molar-refractivity contribution in [3.05, 3.63) is 45.8 Å². The third-order valence-electron chi connectivity index (χ3n) is 5.20. The second kappa shape index (κ2) is 6.80. The number of amides is 1. The maximum atomic E-state index is 13.4. The Labute approximate surface area is 170 Å². The number of morpholine rings is 1. The molecule has 0 bridgehead atoms. The fourth-order valence-corrected chi connectivity index (χ4v) is 4.67. The molecule has 1 aromatic carbocycles. The molecule has 0 atom stereocenters. The highest BCUT2D eigenvalue weighted by Gasteiger charge is 2.37. The Morgan fingerprint density at radius 1 is 1.24 bits per heavy atom. The van der Waals surface area contributed by atoms with Crippen LogP contribution >= 0.6 is 11.3 Å². The van der Waals surface area contributed by atoms with E-state index in [0.29, 0.717) is 54.4 Å². The lowest BCUT2D eigenvalue weighted by atomic mass is 9.99. The minimum Gasteiger partial charge on any atom is -0.398 e. The quantitative estimate of drug-likeness (QED) is 0.447. The van der Waals surface area contributed by atoms with Crippen LogP contribution in [0.4, 0.5) is 5.69 Å². The number of nitrogens with zero attached hydrogens (tertiary/aromatic N) is 2. The number of carbonyl (C=O) groups is 2. The van der Waals surface area contributed by atoms with E-state index in [2.05, 4.69) is 15.6 Å². The number of hydrazine groups is 1. The Kier molecular flexibility index (Phi) is 4.23. The summed E-state index contributed by atoms with van der Waals surface area (Å²) in [6.07, 6.45) is 0. The summed E-state index contributed by atoms with van der Waals surface area (Å²) < 4.78 is 5.31. The number of hydrogen-bond acceptors (Lipinski definition) is 7. The van der Waals surface area contributed by atoms with Gasteiger partial charge in [-0.25, -0.2) is 5.01 Å².